The van der Waals surface area contributed by atoms with Crippen LogP contribution in [0.3, 0.4) is 0 Å². The molecule has 3 aromatic rings. The number of nitrogens with one attached hydrogen (secondary N) is 1. The van der Waals surface area contributed by atoms with E-state index in [1.54, 1.807) is 67.6 Å². The summed E-state index contributed by atoms with van der Waals surface area (Å²) in [4.78, 5) is 28.4. The molecule has 0 radical (unpaired) electrons. The Bertz CT molecular complexity index is 1350. The van der Waals surface area contributed by atoms with Gasteiger partial charge in [-0.05, 0) is 97.0 Å². The maximum absolute atomic E-state index is 13.9. The van der Waals surface area contributed by atoms with Gasteiger partial charge in [-0.3, -0.25) is 13.9 Å². The van der Waals surface area contributed by atoms with Gasteiger partial charge in [0, 0.05) is 21.2 Å². The molecule has 0 unspecified atom stereocenters. The molecule has 0 aliphatic carbocycles. The van der Waals surface area contributed by atoms with Crippen molar-refractivity contribution in [3.05, 3.63) is 93.0 Å². The highest BCUT2D eigenvalue weighted by Crippen LogP contribution is 2.25. The molecular formula is C28H31ClIN3O4S. The maximum atomic E-state index is 13.9. The van der Waals surface area contributed by atoms with E-state index < -0.39 is 28.5 Å². The summed E-state index contributed by atoms with van der Waals surface area (Å²) in [7, 11) is -4.08. The molecule has 2 amide bonds. The number of rotatable bonds is 11. The maximum Gasteiger partial charge on any atom is 0.264 e. The van der Waals surface area contributed by atoms with Gasteiger partial charge in [0.2, 0.25) is 11.8 Å². The molecule has 3 aromatic carbocycles. The SMILES string of the molecule is CC[C@H](C)NC(=O)[C@H](C)N(Cc1cccc(Cl)c1)C(=O)CN(c1ccc(I)cc1)S(=O)(=O)c1ccccc1. The number of hydrogen-bond acceptors (Lipinski definition) is 4. The van der Waals surface area contributed by atoms with E-state index in [2.05, 4.69) is 27.9 Å². The molecule has 2 atom stereocenters. The lowest BCUT2D eigenvalue weighted by Crippen LogP contribution is -2.52. The first-order valence-corrected chi connectivity index (χ1v) is 15.1. The van der Waals surface area contributed by atoms with Crippen molar-refractivity contribution in [1.82, 2.24) is 10.2 Å². The second-order valence-corrected chi connectivity index (χ2v) is 12.5. The van der Waals surface area contributed by atoms with Gasteiger partial charge >= 0.3 is 0 Å². The van der Waals surface area contributed by atoms with E-state index in [0.717, 1.165) is 19.9 Å². The van der Waals surface area contributed by atoms with Crippen LogP contribution >= 0.6 is 34.2 Å². The van der Waals surface area contributed by atoms with Crippen LogP contribution in [0.4, 0.5) is 5.69 Å². The number of sulfonamides is 1. The predicted molar refractivity (Wildman–Crippen MR) is 159 cm³/mol. The van der Waals surface area contributed by atoms with Crippen molar-refractivity contribution in [1.29, 1.82) is 0 Å². The van der Waals surface area contributed by atoms with Crippen molar-refractivity contribution in [3.8, 4) is 0 Å². The molecule has 0 aliphatic heterocycles. The second kappa shape index (κ2) is 13.4. The minimum absolute atomic E-state index is 0.0651. The molecule has 0 saturated heterocycles. The first kappa shape index (κ1) is 29.9. The van der Waals surface area contributed by atoms with Crippen LogP contribution in [0, 0.1) is 3.57 Å². The van der Waals surface area contributed by atoms with E-state index >= 15 is 0 Å². The quantitative estimate of drug-likeness (QED) is 0.275. The molecule has 7 nitrogen and oxygen atoms in total. The summed E-state index contributed by atoms with van der Waals surface area (Å²) < 4.78 is 29.5. The Hall–Kier alpha value is -2.63. The summed E-state index contributed by atoms with van der Waals surface area (Å²) in [6.07, 6.45) is 0.733. The lowest BCUT2D eigenvalue weighted by atomic mass is 10.1. The van der Waals surface area contributed by atoms with Gasteiger partial charge in [-0.2, -0.15) is 0 Å². The van der Waals surface area contributed by atoms with Crippen molar-refractivity contribution in [3.63, 3.8) is 0 Å². The Balaban J connectivity index is 2.01. The fourth-order valence-corrected chi connectivity index (χ4v) is 5.74. The van der Waals surface area contributed by atoms with Crippen LogP contribution in [0.5, 0.6) is 0 Å². The van der Waals surface area contributed by atoms with Crippen LogP contribution in [0.2, 0.25) is 5.02 Å². The molecule has 0 aromatic heterocycles. The zero-order valence-corrected chi connectivity index (χ0v) is 25.2. The van der Waals surface area contributed by atoms with E-state index in [-0.39, 0.29) is 23.4 Å². The molecule has 0 fully saturated rings. The Kier molecular flexibility index (Phi) is 10.6. The van der Waals surface area contributed by atoms with Crippen LogP contribution in [0.1, 0.15) is 32.8 Å². The van der Waals surface area contributed by atoms with Crippen LogP contribution in [0.15, 0.2) is 83.8 Å². The Morgan fingerprint density at radius 2 is 1.63 bits per heavy atom. The summed E-state index contributed by atoms with van der Waals surface area (Å²) in [6, 6.07) is 20.9. The summed E-state index contributed by atoms with van der Waals surface area (Å²) in [5.41, 5.74) is 1.07. The fraction of sp³-hybridized carbons (Fsp3) is 0.286. The lowest BCUT2D eigenvalue weighted by molar-refractivity contribution is -0.139. The average Bonchev–Trinajstić information content (AvgIpc) is 2.90. The molecule has 0 aliphatic rings. The normalized spacial score (nSPS) is 12.9. The molecule has 0 bridgehead atoms. The number of carbonyl (C=O) groups is 2. The van der Waals surface area contributed by atoms with Crippen molar-refractivity contribution < 1.29 is 18.0 Å². The largest absolute Gasteiger partial charge is 0.352 e. The molecule has 0 spiro atoms. The number of anilines is 1. The van der Waals surface area contributed by atoms with Crippen LogP contribution in [-0.2, 0) is 26.2 Å². The second-order valence-electron chi connectivity index (χ2n) is 8.95. The molecule has 1 N–H and O–H groups in total. The minimum Gasteiger partial charge on any atom is -0.352 e. The van der Waals surface area contributed by atoms with Gasteiger partial charge in [0.1, 0.15) is 12.6 Å². The number of benzene rings is 3. The standard InChI is InChI=1S/C28H31ClIN3O4S/c1-4-20(2)31-28(35)21(3)32(18-22-9-8-10-23(29)17-22)27(34)19-33(25-15-13-24(30)14-16-25)38(36,37)26-11-6-5-7-12-26/h5-17,20-21H,4,18-19H2,1-3H3,(H,31,35)/t20-,21-/m0/s1. The zero-order valence-electron chi connectivity index (χ0n) is 21.5. The first-order valence-electron chi connectivity index (χ1n) is 12.2. The highest BCUT2D eigenvalue weighted by atomic mass is 127. The number of halogens is 2. The molecule has 10 heteroatoms. The molecular weight excluding hydrogens is 637 g/mol. The van der Waals surface area contributed by atoms with Crippen LogP contribution < -0.4 is 9.62 Å². The third kappa shape index (κ3) is 7.70. The average molecular weight is 668 g/mol. The zero-order chi connectivity index (χ0) is 27.9. The summed E-state index contributed by atoms with van der Waals surface area (Å²) >= 11 is 8.30. The van der Waals surface area contributed by atoms with E-state index in [9.17, 15) is 18.0 Å². The highest BCUT2D eigenvalue weighted by Gasteiger charge is 2.32. The van der Waals surface area contributed by atoms with Gasteiger partial charge in [0.15, 0.2) is 0 Å². The van der Waals surface area contributed by atoms with Crippen molar-refractivity contribution in [2.24, 2.45) is 0 Å². The lowest BCUT2D eigenvalue weighted by Gasteiger charge is -2.32. The number of hydrogen-bond donors (Lipinski definition) is 1. The Morgan fingerprint density at radius 3 is 2.24 bits per heavy atom. The van der Waals surface area contributed by atoms with E-state index in [4.69, 9.17) is 11.6 Å². The Labute approximate surface area is 243 Å². The van der Waals surface area contributed by atoms with Gasteiger partial charge in [0.05, 0.1) is 10.6 Å². The smallest absolute Gasteiger partial charge is 0.264 e. The first-order chi connectivity index (χ1) is 18.0. The van der Waals surface area contributed by atoms with Gasteiger partial charge in [-0.15, -0.1) is 0 Å². The van der Waals surface area contributed by atoms with Crippen LogP contribution in [0.25, 0.3) is 0 Å². The Morgan fingerprint density at radius 1 is 0.974 bits per heavy atom. The molecule has 0 saturated carbocycles. The topological polar surface area (TPSA) is 86.8 Å². The van der Waals surface area contributed by atoms with Gasteiger partial charge < -0.3 is 10.2 Å². The number of nitrogens with zero attached hydrogens (tertiary/aromatic N) is 2. The third-order valence-corrected chi connectivity index (χ3v) is 8.88. The molecule has 38 heavy (non-hydrogen) atoms. The van der Waals surface area contributed by atoms with Gasteiger partial charge in [0.25, 0.3) is 10.0 Å². The van der Waals surface area contributed by atoms with E-state index in [0.29, 0.717) is 10.7 Å². The number of amides is 2. The monoisotopic (exact) mass is 667 g/mol. The predicted octanol–water partition coefficient (Wildman–Crippen LogP) is 5.47. The van der Waals surface area contributed by atoms with Gasteiger partial charge in [-0.1, -0.05) is 48.9 Å². The summed E-state index contributed by atoms with van der Waals surface area (Å²) in [5.74, 6) is -0.837. The van der Waals surface area contributed by atoms with Gasteiger partial charge in [-0.25, -0.2) is 8.42 Å². The van der Waals surface area contributed by atoms with E-state index in [1.165, 1.54) is 17.0 Å². The molecule has 3 rings (SSSR count). The summed E-state index contributed by atoms with van der Waals surface area (Å²) in [6.45, 7) is 5.08. The van der Waals surface area contributed by atoms with Crippen molar-refractivity contribution in [2.45, 2.75) is 50.7 Å². The van der Waals surface area contributed by atoms with Crippen molar-refractivity contribution >= 4 is 61.7 Å². The highest BCUT2D eigenvalue weighted by molar-refractivity contribution is 14.1. The molecule has 202 valence electrons. The minimum atomic E-state index is -4.08. The number of carbonyl (C=O) groups excluding carboxylic acids is 2. The fourth-order valence-electron chi connectivity index (χ4n) is 3.74. The summed E-state index contributed by atoms with van der Waals surface area (Å²) in [5, 5.41) is 3.42. The van der Waals surface area contributed by atoms with E-state index in [1.807, 2.05) is 19.9 Å². The third-order valence-electron chi connectivity index (χ3n) is 6.13. The molecule has 0 heterocycles. The van der Waals surface area contributed by atoms with Crippen molar-refractivity contribution in [2.75, 3.05) is 10.8 Å². The van der Waals surface area contributed by atoms with Crippen LogP contribution in [-0.4, -0.2) is 43.8 Å².